The molecule has 0 fully saturated rings. The normalized spacial score (nSPS) is 13.5. The molecule has 2 heterocycles. The average Bonchev–Trinajstić information content (AvgIpc) is 2.93. The van der Waals surface area contributed by atoms with Gasteiger partial charge in [-0.2, -0.15) is 0 Å². The van der Waals surface area contributed by atoms with E-state index in [4.69, 9.17) is 14.2 Å². The van der Waals surface area contributed by atoms with Gasteiger partial charge in [0.2, 0.25) is 5.43 Å². The Bertz CT molecular complexity index is 1700. The van der Waals surface area contributed by atoms with Gasteiger partial charge < -0.3 is 24.5 Å². The van der Waals surface area contributed by atoms with E-state index in [1.54, 1.807) is 43.3 Å². The van der Waals surface area contributed by atoms with Crippen LogP contribution >= 0.6 is 0 Å². The number of aromatic nitrogens is 1. The Morgan fingerprint density at radius 1 is 1.03 bits per heavy atom. The third-order valence-electron chi connectivity index (χ3n) is 6.24. The Labute approximate surface area is 225 Å². The molecule has 0 radical (unpaired) electrons. The number of aromatic amines is 1. The molecule has 1 atom stereocenters. The lowest BCUT2D eigenvalue weighted by Crippen LogP contribution is -2.31. The largest absolute Gasteiger partial charge is 0.494 e. The highest BCUT2D eigenvalue weighted by molar-refractivity contribution is 7.92. The Morgan fingerprint density at radius 3 is 2.51 bits per heavy atom. The number of hydrogen-bond acceptors (Lipinski definition) is 7. The number of rotatable bonds is 8. The van der Waals surface area contributed by atoms with Crippen molar-refractivity contribution in [2.24, 2.45) is 0 Å². The van der Waals surface area contributed by atoms with Crippen LogP contribution in [0.2, 0.25) is 0 Å². The molecule has 4 aromatic rings. The molecule has 11 heteroatoms. The first-order valence-corrected chi connectivity index (χ1v) is 13.8. The number of sulfonamides is 1. The lowest BCUT2D eigenvalue weighted by Gasteiger charge is -2.21. The molecule has 1 aromatic heterocycles. The summed E-state index contributed by atoms with van der Waals surface area (Å²) in [6, 6.07) is 15.6. The summed E-state index contributed by atoms with van der Waals surface area (Å²) in [7, 11) is -4.01. The Balaban J connectivity index is 1.37. The lowest BCUT2D eigenvalue weighted by molar-refractivity contribution is 0.0938. The molecule has 0 aliphatic carbocycles. The number of amides is 1. The molecule has 0 saturated heterocycles. The molecular weight excluding hydrogens is 522 g/mol. The van der Waals surface area contributed by atoms with Crippen molar-refractivity contribution in [3.8, 4) is 17.2 Å². The highest BCUT2D eigenvalue weighted by Crippen LogP contribution is 2.32. The van der Waals surface area contributed by atoms with Crippen molar-refractivity contribution in [3.05, 3.63) is 88.2 Å². The molecule has 1 amide bonds. The molecule has 1 aliphatic heterocycles. The van der Waals surface area contributed by atoms with E-state index in [1.807, 2.05) is 13.0 Å². The van der Waals surface area contributed by atoms with Crippen LogP contribution in [-0.4, -0.2) is 39.1 Å². The highest BCUT2D eigenvalue weighted by atomic mass is 32.2. The van der Waals surface area contributed by atoms with Crippen molar-refractivity contribution in [1.82, 2.24) is 10.3 Å². The minimum atomic E-state index is -4.01. The standard InChI is InChI=1S/C28H27N3O7S/c1-3-36-20-7-5-19(6-8-20)31-39(34,35)21-9-10-24-22(15-21)27(32)23(16-29-24)28(33)30-17(2)18-4-11-25-26(14-18)38-13-12-37-25/h4-11,14-17,31H,3,12-13H2,1-2H3,(H,29,32)(H,30,33)/t17-/m0/s1. The first kappa shape index (κ1) is 26.1. The van der Waals surface area contributed by atoms with Crippen LogP contribution in [0.3, 0.4) is 0 Å². The second-order valence-corrected chi connectivity index (χ2v) is 10.6. The van der Waals surface area contributed by atoms with Gasteiger partial charge in [-0.1, -0.05) is 6.07 Å². The smallest absolute Gasteiger partial charge is 0.261 e. The van der Waals surface area contributed by atoms with E-state index in [0.29, 0.717) is 48.3 Å². The fourth-order valence-electron chi connectivity index (χ4n) is 4.22. The minimum Gasteiger partial charge on any atom is -0.494 e. The summed E-state index contributed by atoms with van der Waals surface area (Å²) >= 11 is 0. The lowest BCUT2D eigenvalue weighted by atomic mass is 10.1. The van der Waals surface area contributed by atoms with Gasteiger partial charge in [0.05, 0.1) is 17.5 Å². The second-order valence-electron chi connectivity index (χ2n) is 8.90. The molecule has 0 spiro atoms. The third kappa shape index (κ3) is 5.53. The zero-order valence-electron chi connectivity index (χ0n) is 21.3. The predicted octanol–water partition coefficient (Wildman–Crippen LogP) is 3.99. The minimum absolute atomic E-state index is 0.0733. The first-order valence-electron chi connectivity index (χ1n) is 12.4. The molecule has 10 nitrogen and oxygen atoms in total. The molecule has 39 heavy (non-hydrogen) atoms. The zero-order valence-corrected chi connectivity index (χ0v) is 22.1. The summed E-state index contributed by atoms with van der Waals surface area (Å²) in [5.74, 6) is 1.25. The van der Waals surface area contributed by atoms with Crippen LogP contribution in [0.4, 0.5) is 5.69 Å². The highest BCUT2D eigenvalue weighted by Gasteiger charge is 2.21. The van der Waals surface area contributed by atoms with E-state index in [-0.39, 0.29) is 15.8 Å². The van der Waals surface area contributed by atoms with Gasteiger partial charge in [-0.25, -0.2) is 8.42 Å². The number of ether oxygens (including phenoxy) is 3. The first-order chi connectivity index (χ1) is 18.7. The summed E-state index contributed by atoms with van der Waals surface area (Å²) in [5.41, 5.74) is 0.790. The van der Waals surface area contributed by atoms with Gasteiger partial charge in [-0.05, 0) is 74.0 Å². The van der Waals surface area contributed by atoms with Crippen molar-refractivity contribution in [2.45, 2.75) is 24.8 Å². The Hall–Kier alpha value is -4.51. The molecule has 202 valence electrons. The van der Waals surface area contributed by atoms with E-state index < -0.39 is 27.4 Å². The van der Waals surface area contributed by atoms with Crippen molar-refractivity contribution < 1.29 is 27.4 Å². The number of fused-ring (bicyclic) bond motifs is 2. The number of hydrogen-bond donors (Lipinski definition) is 3. The van der Waals surface area contributed by atoms with Crippen LogP contribution in [0, 0.1) is 0 Å². The molecule has 3 N–H and O–H groups in total. The SMILES string of the molecule is CCOc1ccc(NS(=O)(=O)c2ccc3[nH]cc(C(=O)N[C@@H](C)c4ccc5c(c4)OCCO5)c(=O)c3c2)cc1. The summed E-state index contributed by atoms with van der Waals surface area (Å²) in [6.45, 7) is 5.05. The number of carbonyl (C=O) groups is 1. The number of nitrogens with one attached hydrogen (secondary N) is 3. The molecule has 0 saturated carbocycles. The Morgan fingerprint density at radius 2 is 1.77 bits per heavy atom. The number of carbonyl (C=O) groups excluding carboxylic acids is 1. The van der Waals surface area contributed by atoms with Crippen molar-refractivity contribution in [1.29, 1.82) is 0 Å². The zero-order chi connectivity index (χ0) is 27.6. The van der Waals surface area contributed by atoms with Crippen molar-refractivity contribution >= 4 is 32.5 Å². The maximum Gasteiger partial charge on any atom is 0.261 e. The molecule has 1 aliphatic rings. The quantitative estimate of drug-likeness (QED) is 0.302. The van der Waals surface area contributed by atoms with Crippen molar-refractivity contribution in [3.63, 3.8) is 0 Å². The van der Waals surface area contributed by atoms with Crippen LogP contribution in [0.15, 0.2) is 76.6 Å². The number of H-pyrrole nitrogens is 1. The van der Waals surface area contributed by atoms with E-state index in [9.17, 15) is 18.0 Å². The van der Waals surface area contributed by atoms with Gasteiger partial charge in [-0.15, -0.1) is 0 Å². The monoisotopic (exact) mass is 549 g/mol. The average molecular weight is 550 g/mol. The number of benzene rings is 3. The molecule has 5 rings (SSSR count). The van der Waals surface area contributed by atoms with E-state index in [1.165, 1.54) is 24.4 Å². The molecule has 0 unspecified atom stereocenters. The summed E-state index contributed by atoms with van der Waals surface area (Å²) in [5, 5.41) is 2.89. The topological polar surface area (TPSA) is 136 Å². The van der Waals surface area contributed by atoms with Gasteiger partial charge in [0, 0.05) is 22.8 Å². The summed E-state index contributed by atoms with van der Waals surface area (Å²) in [4.78, 5) is 29.1. The second kappa shape index (κ2) is 10.7. The fourth-order valence-corrected chi connectivity index (χ4v) is 5.30. The van der Waals surface area contributed by atoms with E-state index in [2.05, 4.69) is 15.0 Å². The van der Waals surface area contributed by atoms with E-state index >= 15 is 0 Å². The molecule has 0 bridgehead atoms. The van der Waals surface area contributed by atoms with Crippen LogP contribution in [0.25, 0.3) is 10.9 Å². The van der Waals surface area contributed by atoms with Crippen LogP contribution < -0.4 is 29.7 Å². The van der Waals surface area contributed by atoms with Gasteiger partial charge in [-0.3, -0.25) is 14.3 Å². The van der Waals surface area contributed by atoms with E-state index in [0.717, 1.165) is 5.56 Å². The summed E-state index contributed by atoms with van der Waals surface area (Å²) in [6.07, 6.45) is 1.32. The number of pyridine rings is 1. The number of anilines is 1. The molecule has 3 aromatic carbocycles. The van der Waals surface area contributed by atoms with Crippen LogP contribution in [0.1, 0.15) is 35.8 Å². The van der Waals surface area contributed by atoms with Crippen molar-refractivity contribution in [2.75, 3.05) is 24.5 Å². The third-order valence-corrected chi connectivity index (χ3v) is 7.62. The van der Waals surface area contributed by atoms with Crippen LogP contribution in [-0.2, 0) is 10.0 Å². The maximum atomic E-state index is 13.3. The van der Waals surface area contributed by atoms with Gasteiger partial charge >= 0.3 is 0 Å². The van der Waals surface area contributed by atoms with Gasteiger partial charge in [0.15, 0.2) is 11.5 Å². The Kier molecular flexibility index (Phi) is 7.16. The van der Waals surface area contributed by atoms with Gasteiger partial charge in [0.25, 0.3) is 15.9 Å². The fraction of sp³-hybridized carbons (Fsp3) is 0.214. The van der Waals surface area contributed by atoms with Crippen LogP contribution in [0.5, 0.6) is 17.2 Å². The maximum absolute atomic E-state index is 13.3. The predicted molar refractivity (Wildman–Crippen MR) is 146 cm³/mol. The van der Waals surface area contributed by atoms with Gasteiger partial charge in [0.1, 0.15) is 24.5 Å². The summed E-state index contributed by atoms with van der Waals surface area (Å²) < 4.78 is 45.1. The molecular formula is C28H27N3O7S.